The third kappa shape index (κ3) is 9.06. The van der Waals surface area contributed by atoms with Gasteiger partial charge >= 0.3 is 0 Å². The van der Waals surface area contributed by atoms with E-state index < -0.39 is 18.9 Å². The summed E-state index contributed by atoms with van der Waals surface area (Å²) in [6, 6.07) is 5.07. The van der Waals surface area contributed by atoms with Crippen molar-refractivity contribution in [2.24, 2.45) is 0 Å². The first kappa shape index (κ1) is 22.5. The highest BCUT2D eigenvalue weighted by atomic mass is 35.7. The van der Waals surface area contributed by atoms with Gasteiger partial charge in [0, 0.05) is 10.7 Å². The molecule has 0 fully saturated rings. The first-order valence-electron chi connectivity index (χ1n) is 9.05. The van der Waals surface area contributed by atoms with E-state index >= 15 is 0 Å². The number of hydrogen-bond donors (Lipinski definition) is 0. The Morgan fingerprint density at radius 3 is 1.52 bits per heavy atom. The predicted octanol–water partition coefficient (Wildman–Crippen LogP) is 5.31. The van der Waals surface area contributed by atoms with Crippen molar-refractivity contribution in [3.8, 4) is 0 Å². The lowest BCUT2D eigenvalue weighted by molar-refractivity contribution is 0.558. The van der Waals surface area contributed by atoms with Crippen molar-refractivity contribution < 1.29 is 16.8 Å². The summed E-state index contributed by atoms with van der Waals surface area (Å²) in [4.78, 5) is 0.0551. The number of benzene rings is 1. The van der Waals surface area contributed by atoms with Crippen LogP contribution in [0.25, 0.3) is 0 Å². The molecule has 0 saturated carbocycles. The molecule has 0 aliphatic carbocycles. The average Bonchev–Trinajstić information content (AvgIpc) is 2.56. The molecule has 1 rings (SSSR count). The Kier molecular flexibility index (Phi) is 10.1. The molecule has 144 valence electrons. The highest BCUT2D eigenvalue weighted by Gasteiger charge is 2.16. The third-order valence-corrected chi connectivity index (χ3v) is 7.42. The fourth-order valence-corrected chi connectivity index (χ4v) is 4.85. The van der Waals surface area contributed by atoms with Gasteiger partial charge in [-0.05, 0) is 30.7 Å². The molecular weight excluding hydrogens is 380 g/mol. The van der Waals surface area contributed by atoms with E-state index in [1.165, 1.54) is 62.8 Å². The molecule has 0 atom stereocenters. The van der Waals surface area contributed by atoms with E-state index in [0.717, 1.165) is 19.3 Å². The number of hydrogen-bond acceptors (Lipinski definition) is 4. The smallest absolute Gasteiger partial charge is 0.224 e. The van der Waals surface area contributed by atoms with Crippen LogP contribution in [-0.2, 0) is 18.9 Å². The normalized spacial score (nSPS) is 12.4. The lowest BCUT2D eigenvalue weighted by Gasteiger charge is -2.06. The quantitative estimate of drug-likeness (QED) is 0.327. The molecule has 0 radical (unpaired) electrons. The zero-order valence-corrected chi connectivity index (χ0v) is 17.3. The van der Waals surface area contributed by atoms with Gasteiger partial charge in [-0.1, -0.05) is 64.7 Å². The van der Waals surface area contributed by atoms with Crippen molar-refractivity contribution in [1.82, 2.24) is 0 Å². The van der Waals surface area contributed by atoms with Crippen LogP contribution in [0.2, 0.25) is 0 Å². The van der Waals surface area contributed by atoms with Crippen molar-refractivity contribution >= 4 is 29.6 Å². The second-order valence-electron chi connectivity index (χ2n) is 6.41. The van der Waals surface area contributed by atoms with E-state index in [1.54, 1.807) is 0 Å². The van der Waals surface area contributed by atoms with E-state index in [0.29, 0.717) is 6.42 Å². The Morgan fingerprint density at radius 2 is 1.08 bits per heavy atom. The zero-order chi connectivity index (χ0) is 18.8. The van der Waals surface area contributed by atoms with Gasteiger partial charge < -0.3 is 0 Å². The molecule has 0 unspecified atom stereocenters. The van der Waals surface area contributed by atoms with Gasteiger partial charge in [-0.3, -0.25) is 0 Å². The first-order valence-corrected chi connectivity index (χ1v) is 13.0. The average molecular weight is 409 g/mol. The van der Waals surface area contributed by atoms with Crippen LogP contribution in [0.3, 0.4) is 0 Å². The molecule has 0 aliphatic rings. The van der Waals surface area contributed by atoms with Crippen LogP contribution in [0.15, 0.2) is 34.1 Å². The number of sulfone groups is 1. The maximum absolute atomic E-state index is 12.2. The molecule has 4 nitrogen and oxygen atoms in total. The molecule has 0 spiro atoms. The van der Waals surface area contributed by atoms with E-state index in [1.807, 2.05) is 0 Å². The van der Waals surface area contributed by atoms with Gasteiger partial charge in [-0.25, -0.2) is 16.8 Å². The van der Waals surface area contributed by atoms with Gasteiger partial charge in [0.2, 0.25) is 0 Å². The molecule has 0 bridgehead atoms. The van der Waals surface area contributed by atoms with Gasteiger partial charge in [0.1, 0.15) is 0 Å². The predicted molar refractivity (Wildman–Crippen MR) is 103 cm³/mol. The lowest BCUT2D eigenvalue weighted by atomic mass is 10.1. The van der Waals surface area contributed by atoms with Crippen LogP contribution in [0.1, 0.15) is 71.1 Å². The maximum Gasteiger partial charge on any atom is 0.261 e. The monoisotopic (exact) mass is 408 g/mol. The summed E-state index contributed by atoms with van der Waals surface area (Å²) in [5.74, 6) is 0.0937. The SMILES string of the molecule is CCCCCCCCCCCCS(=O)(=O)c1ccc(S(=O)(=O)Cl)cc1. The molecule has 0 aliphatic heterocycles. The fraction of sp³-hybridized carbons (Fsp3) is 0.667. The van der Waals surface area contributed by atoms with E-state index in [2.05, 4.69) is 6.92 Å². The minimum Gasteiger partial charge on any atom is -0.224 e. The summed E-state index contributed by atoms with van der Waals surface area (Å²) < 4.78 is 46.9. The lowest BCUT2D eigenvalue weighted by Crippen LogP contribution is -2.07. The van der Waals surface area contributed by atoms with Crippen LogP contribution in [0.4, 0.5) is 0 Å². The Labute approximate surface area is 157 Å². The van der Waals surface area contributed by atoms with Gasteiger partial charge in [0.05, 0.1) is 15.5 Å². The number of unbranched alkanes of at least 4 members (excludes halogenated alkanes) is 9. The maximum atomic E-state index is 12.2. The van der Waals surface area contributed by atoms with Gasteiger partial charge in [-0.2, -0.15) is 0 Å². The largest absolute Gasteiger partial charge is 0.261 e. The fourth-order valence-electron chi connectivity index (χ4n) is 2.71. The van der Waals surface area contributed by atoms with Crippen LogP contribution >= 0.6 is 10.7 Å². The van der Waals surface area contributed by atoms with Crippen molar-refractivity contribution in [1.29, 1.82) is 0 Å². The molecule has 0 saturated heterocycles. The highest BCUT2D eigenvalue weighted by Crippen LogP contribution is 2.19. The van der Waals surface area contributed by atoms with Crippen LogP contribution in [-0.4, -0.2) is 22.6 Å². The minimum atomic E-state index is -3.83. The van der Waals surface area contributed by atoms with E-state index in [4.69, 9.17) is 10.7 Å². The summed E-state index contributed by atoms with van der Waals surface area (Å²) in [7, 11) is -1.97. The summed E-state index contributed by atoms with van der Waals surface area (Å²) >= 11 is 0. The van der Waals surface area contributed by atoms with Crippen molar-refractivity contribution in [2.45, 2.75) is 80.9 Å². The molecular formula is C18H29ClO4S2. The first-order chi connectivity index (χ1) is 11.8. The van der Waals surface area contributed by atoms with E-state index in [9.17, 15) is 16.8 Å². The molecule has 25 heavy (non-hydrogen) atoms. The summed E-state index contributed by atoms with van der Waals surface area (Å²) in [6.45, 7) is 2.21. The molecule has 1 aromatic rings. The molecule has 0 heterocycles. The van der Waals surface area contributed by atoms with Gasteiger partial charge in [-0.15, -0.1) is 0 Å². The number of rotatable bonds is 13. The summed E-state index contributed by atoms with van der Waals surface area (Å²) in [6.07, 6.45) is 11.5. The highest BCUT2D eigenvalue weighted by molar-refractivity contribution is 8.13. The van der Waals surface area contributed by atoms with Crippen molar-refractivity contribution in [2.75, 3.05) is 5.75 Å². The molecule has 0 amide bonds. The van der Waals surface area contributed by atoms with E-state index in [-0.39, 0.29) is 15.5 Å². The summed E-state index contributed by atoms with van der Waals surface area (Å²) in [5, 5.41) is 0. The molecule has 0 aromatic heterocycles. The second-order valence-corrected chi connectivity index (χ2v) is 11.1. The van der Waals surface area contributed by atoms with Crippen LogP contribution in [0, 0.1) is 0 Å². The van der Waals surface area contributed by atoms with Gasteiger partial charge in [0.25, 0.3) is 9.05 Å². The zero-order valence-electron chi connectivity index (χ0n) is 14.9. The van der Waals surface area contributed by atoms with Gasteiger partial charge in [0.15, 0.2) is 9.84 Å². The Hall–Kier alpha value is -0.590. The Morgan fingerprint density at radius 1 is 0.680 bits per heavy atom. The van der Waals surface area contributed by atoms with Crippen molar-refractivity contribution in [3.05, 3.63) is 24.3 Å². The standard InChI is InChI=1S/C18H29ClO4S2/c1-2-3-4-5-6-7-8-9-10-11-16-24(20,21)17-12-14-18(15-13-17)25(19,22)23/h12-15H,2-11,16H2,1H3. The molecule has 0 N–H and O–H groups in total. The topological polar surface area (TPSA) is 68.3 Å². The minimum absolute atomic E-state index is 0.0907. The second kappa shape index (κ2) is 11.2. The van der Waals surface area contributed by atoms with Crippen LogP contribution < -0.4 is 0 Å². The Balaban J connectivity index is 2.27. The Bertz CT molecular complexity index is 695. The van der Waals surface area contributed by atoms with Crippen LogP contribution in [0.5, 0.6) is 0 Å². The molecule has 1 aromatic carbocycles. The number of halogens is 1. The van der Waals surface area contributed by atoms with Crippen molar-refractivity contribution in [3.63, 3.8) is 0 Å². The summed E-state index contributed by atoms with van der Waals surface area (Å²) in [5.41, 5.74) is 0. The molecule has 7 heteroatoms. The third-order valence-electron chi connectivity index (χ3n) is 4.23.